The lowest BCUT2D eigenvalue weighted by Gasteiger charge is -2.09. The summed E-state index contributed by atoms with van der Waals surface area (Å²) in [5, 5.41) is 0. The van der Waals surface area contributed by atoms with E-state index in [1.165, 1.54) is 12.1 Å². The largest absolute Gasteiger partial charge is 0.491 e. The molecular weight excluding hydrogens is 368 g/mol. The predicted molar refractivity (Wildman–Crippen MR) is 98.4 cm³/mol. The summed E-state index contributed by atoms with van der Waals surface area (Å²) in [6.07, 6.45) is 3.18. The molecule has 0 N–H and O–H groups in total. The summed E-state index contributed by atoms with van der Waals surface area (Å²) >= 11 is 0. The molecule has 2 aromatic carbocycles. The first-order valence-corrected chi connectivity index (χ1v) is 9.58. The fourth-order valence-electron chi connectivity index (χ4n) is 2.12. The Bertz CT molecular complexity index is 959. The van der Waals surface area contributed by atoms with Gasteiger partial charge < -0.3 is 9.47 Å². The first-order valence-electron chi connectivity index (χ1n) is 8.17. The van der Waals surface area contributed by atoms with Crippen LogP contribution in [-0.2, 0) is 14.3 Å². The van der Waals surface area contributed by atoms with Gasteiger partial charge in [-0.05, 0) is 49.4 Å². The molecule has 0 radical (unpaired) electrons. The van der Waals surface area contributed by atoms with Crippen molar-refractivity contribution in [2.75, 3.05) is 13.2 Å². The van der Waals surface area contributed by atoms with Crippen molar-refractivity contribution in [3.05, 3.63) is 72.6 Å². The lowest BCUT2D eigenvalue weighted by Crippen LogP contribution is -2.13. The second-order valence-corrected chi connectivity index (χ2v) is 7.16. The van der Waals surface area contributed by atoms with Crippen LogP contribution < -0.4 is 9.47 Å². The number of ether oxygens (including phenoxy) is 2. The molecule has 3 aromatic rings. The van der Waals surface area contributed by atoms with E-state index in [1.807, 2.05) is 6.92 Å². The number of benzene rings is 2. The van der Waals surface area contributed by atoms with E-state index in [0.29, 0.717) is 11.5 Å². The number of hydrogen-bond donors (Lipinski definition) is 0. The van der Waals surface area contributed by atoms with Crippen molar-refractivity contribution in [1.29, 1.82) is 0 Å². The zero-order chi connectivity index (χ0) is 19.1. The van der Waals surface area contributed by atoms with Gasteiger partial charge in [-0.2, -0.15) is 8.42 Å². The molecule has 0 bridgehead atoms. The van der Waals surface area contributed by atoms with Gasteiger partial charge in [-0.15, -0.1) is 0 Å². The highest BCUT2D eigenvalue weighted by molar-refractivity contribution is 7.86. The Kier molecular flexibility index (Phi) is 6.00. The highest BCUT2D eigenvalue weighted by atomic mass is 32.2. The average molecular weight is 386 g/mol. The summed E-state index contributed by atoms with van der Waals surface area (Å²) in [4.78, 5) is 8.07. The van der Waals surface area contributed by atoms with Gasteiger partial charge in [-0.25, -0.2) is 9.97 Å². The van der Waals surface area contributed by atoms with Crippen molar-refractivity contribution in [2.24, 2.45) is 0 Å². The Hall–Kier alpha value is -2.97. The van der Waals surface area contributed by atoms with E-state index in [4.69, 9.17) is 13.7 Å². The normalized spacial score (nSPS) is 11.1. The molecule has 0 saturated carbocycles. The number of aryl methyl sites for hydroxylation is 1. The van der Waals surface area contributed by atoms with E-state index in [1.54, 1.807) is 54.9 Å². The number of hydrogen-bond acceptors (Lipinski definition) is 7. The topological polar surface area (TPSA) is 87.6 Å². The van der Waals surface area contributed by atoms with Crippen LogP contribution in [0.3, 0.4) is 0 Å². The van der Waals surface area contributed by atoms with Crippen molar-refractivity contribution in [1.82, 2.24) is 9.97 Å². The van der Waals surface area contributed by atoms with Crippen molar-refractivity contribution in [3.8, 4) is 17.5 Å². The fraction of sp³-hybridized carbons (Fsp3) is 0.158. The molecule has 0 unspecified atom stereocenters. The van der Waals surface area contributed by atoms with Crippen molar-refractivity contribution < 1.29 is 22.1 Å². The summed E-state index contributed by atoms with van der Waals surface area (Å²) in [6, 6.07) is 15.2. The second kappa shape index (κ2) is 8.61. The molecule has 7 nitrogen and oxygen atoms in total. The third-order valence-corrected chi connectivity index (χ3v) is 4.80. The van der Waals surface area contributed by atoms with E-state index < -0.39 is 10.1 Å². The highest BCUT2D eigenvalue weighted by Crippen LogP contribution is 2.21. The van der Waals surface area contributed by atoms with E-state index in [9.17, 15) is 8.42 Å². The van der Waals surface area contributed by atoms with Gasteiger partial charge in [0.25, 0.3) is 10.1 Å². The molecule has 0 aliphatic rings. The summed E-state index contributed by atoms with van der Waals surface area (Å²) in [5.74, 6) is 1.12. The number of rotatable bonds is 8. The Morgan fingerprint density at radius 3 is 2.15 bits per heavy atom. The van der Waals surface area contributed by atoms with Crippen LogP contribution in [0, 0.1) is 6.92 Å². The lowest BCUT2D eigenvalue weighted by atomic mass is 10.2. The Balaban J connectivity index is 1.47. The summed E-state index contributed by atoms with van der Waals surface area (Å²) < 4.78 is 40.1. The third-order valence-electron chi connectivity index (χ3n) is 3.48. The SMILES string of the molecule is Cc1ccc(S(=O)(=O)OCCOc2ccc(Oc3ncccn3)cc2)cc1. The van der Waals surface area contributed by atoms with E-state index >= 15 is 0 Å². The lowest BCUT2D eigenvalue weighted by molar-refractivity contribution is 0.221. The highest BCUT2D eigenvalue weighted by Gasteiger charge is 2.14. The molecular formula is C19H18N2O5S. The van der Waals surface area contributed by atoms with Crippen LogP contribution in [0.15, 0.2) is 71.9 Å². The number of nitrogens with zero attached hydrogens (tertiary/aromatic N) is 2. The summed E-state index contributed by atoms with van der Waals surface area (Å²) in [7, 11) is -3.79. The van der Waals surface area contributed by atoms with Gasteiger partial charge in [0.05, 0.1) is 4.90 Å². The molecule has 0 aliphatic heterocycles. The zero-order valence-electron chi connectivity index (χ0n) is 14.6. The van der Waals surface area contributed by atoms with Gasteiger partial charge in [0.2, 0.25) is 0 Å². The summed E-state index contributed by atoms with van der Waals surface area (Å²) in [6.45, 7) is 1.88. The molecule has 140 valence electrons. The first kappa shape index (κ1) is 18.8. The van der Waals surface area contributed by atoms with Crippen LogP contribution in [0.4, 0.5) is 0 Å². The fourth-order valence-corrected chi connectivity index (χ4v) is 3.02. The summed E-state index contributed by atoms with van der Waals surface area (Å²) in [5.41, 5.74) is 0.975. The van der Waals surface area contributed by atoms with Crippen LogP contribution in [-0.4, -0.2) is 31.6 Å². The smallest absolute Gasteiger partial charge is 0.321 e. The molecule has 0 amide bonds. The van der Waals surface area contributed by atoms with Gasteiger partial charge >= 0.3 is 6.01 Å². The molecule has 0 fully saturated rings. The van der Waals surface area contributed by atoms with E-state index in [-0.39, 0.29) is 24.1 Å². The molecule has 3 rings (SSSR count). The Morgan fingerprint density at radius 2 is 1.48 bits per heavy atom. The van der Waals surface area contributed by atoms with Gasteiger partial charge in [-0.1, -0.05) is 17.7 Å². The first-order chi connectivity index (χ1) is 13.0. The molecule has 0 spiro atoms. The third kappa shape index (κ3) is 5.50. The molecule has 0 atom stereocenters. The monoisotopic (exact) mass is 386 g/mol. The van der Waals surface area contributed by atoms with Crippen molar-refractivity contribution in [2.45, 2.75) is 11.8 Å². The van der Waals surface area contributed by atoms with Gasteiger partial charge in [0.15, 0.2) is 0 Å². The molecule has 8 heteroatoms. The molecule has 0 saturated heterocycles. The number of aromatic nitrogens is 2. The Morgan fingerprint density at radius 1 is 0.852 bits per heavy atom. The maximum absolute atomic E-state index is 12.1. The minimum atomic E-state index is -3.79. The van der Waals surface area contributed by atoms with Crippen LogP contribution >= 0.6 is 0 Å². The average Bonchev–Trinajstić information content (AvgIpc) is 2.68. The van der Waals surface area contributed by atoms with E-state index in [2.05, 4.69) is 9.97 Å². The Labute approximate surface area is 157 Å². The van der Waals surface area contributed by atoms with Gasteiger partial charge in [0, 0.05) is 12.4 Å². The molecule has 0 aliphatic carbocycles. The quantitative estimate of drug-likeness (QED) is 0.433. The maximum atomic E-state index is 12.1. The molecule has 1 aromatic heterocycles. The van der Waals surface area contributed by atoms with Crippen LogP contribution in [0.25, 0.3) is 0 Å². The standard InChI is InChI=1S/C19H18N2O5S/c1-15-3-9-18(10-4-15)27(22,23)25-14-13-24-16-5-7-17(8-6-16)26-19-20-11-2-12-21-19/h2-12H,13-14H2,1H3. The predicted octanol–water partition coefficient (Wildman–Crippen LogP) is 3.36. The van der Waals surface area contributed by atoms with Crippen molar-refractivity contribution in [3.63, 3.8) is 0 Å². The van der Waals surface area contributed by atoms with Crippen LogP contribution in [0.2, 0.25) is 0 Å². The zero-order valence-corrected chi connectivity index (χ0v) is 15.4. The van der Waals surface area contributed by atoms with Gasteiger partial charge in [0.1, 0.15) is 24.7 Å². The maximum Gasteiger partial charge on any atom is 0.321 e. The minimum Gasteiger partial charge on any atom is -0.491 e. The molecule has 1 heterocycles. The van der Waals surface area contributed by atoms with Crippen LogP contribution in [0.5, 0.6) is 17.5 Å². The molecule has 27 heavy (non-hydrogen) atoms. The van der Waals surface area contributed by atoms with Crippen LogP contribution in [0.1, 0.15) is 5.56 Å². The minimum absolute atomic E-state index is 0.0904. The van der Waals surface area contributed by atoms with Crippen molar-refractivity contribution >= 4 is 10.1 Å². The van der Waals surface area contributed by atoms with Gasteiger partial charge in [-0.3, -0.25) is 4.18 Å². The second-order valence-electron chi connectivity index (χ2n) is 5.54. The van der Waals surface area contributed by atoms with E-state index in [0.717, 1.165) is 5.56 Å².